The number of nitrogen functional groups attached to an aromatic ring is 1. The first-order chi connectivity index (χ1) is 9.72. The lowest BCUT2D eigenvalue weighted by Gasteiger charge is -2.16. The van der Waals surface area contributed by atoms with Crippen LogP contribution in [0.15, 0.2) is 54.6 Å². The number of likely N-dealkylation sites (tertiary alicyclic amines) is 1. The Balaban J connectivity index is 1.71. The highest BCUT2D eigenvalue weighted by atomic mass is 15.2. The van der Waals surface area contributed by atoms with Crippen molar-refractivity contribution < 1.29 is 0 Å². The van der Waals surface area contributed by atoms with E-state index in [4.69, 9.17) is 11.5 Å². The maximum absolute atomic E-state index is 6.32. The third-order valence-electron chi connectivity index (χ3n) is 4.03. The third-order valence-corrected chi connectivity index (χ3v) is 4.03. The van der Waals surface area contributed by atoms with Gasteiger partial charge in [0.15, 0.2) is 0 Å². The van der Waals surface area contributed by atoms with Gasteiger partial charge in [-0.2, -0.15) is 0 Å². The van der Waals surface area contributed by atoms with Crippen LogP contribution >= 0.6 is 0 Å². The summed E-state index contributed by atoms with van der Waals surface area (Å²) in [6.45, 7) is 2.90. The van der Waals surface area contributed by atoms with Crippen LogP contribution in [-0.4, -0.2) is 24.0 Å². The summed E-state index contributed by atoms with van der Waals surface area (Å²) in [6.07, 6.45) is 0. The summed E-state index contributed by atoms with van der Waals surface area (Å²) < 4.78 is 0. The van der Waals surface area contributed by atoms with Gasteiger partial charge in [0.05, 0.1) is 0 Å². The summed E-state index contributed by atoms with van der Waals surface area (Å²) in [5, 5.41) is 0. The van der Waals surface area contributed by atoms with Crippen molar-refractivity contribution >= 4 is 5.69 Å². The Labute approximate surface area is 120 Å². The first kappa shape index (κ1) is 13.2. The SMILES string of the molecule is Nc1cccc(C2CN(Cc3ccccc3)CC2N)c1. The van der Waals surface area contributed by atoms with Crippen LogP contribution in [0.2, 0.25) is 0 Å². The van der Waals surface area contributed by atoms with Gasteiger partial charge in [0.25, 0.3) is 0 Å². The maximum atomic E-state index is 6.32. The summed E-state index contributed by atoms with van der Waals surface area (Å²) >= 11 is 0. The normalized spacial score (nSPS) is 23.1. The molecule has 2 atom stereocenters. The van der Waals surface area contributed by atoms with E-state index in [2.05, 4.69) is 47.4 Å². The van der Waals surface area contributed by atoms with E-state index in [-0.39, 0.29) is 6.04 Å². The Bertz CT molecular complexity index is 567. The summed E-state index contributed by atoms with van der Waals surface area (Å²) in [5.74, 6) is 0.377. The van der Waals surface area contributed by atoms with Gasteiger partial charge in [-0.3, -0.25) is 4.90 Å². The highest BCUT2D eigenvalue weighted by Crippen LogP contribution is 2.28. The van der Waals surface area contributed by atoms with Crippen molar-refractivity contribution in [3.8, 4) is 0 Å². The lowest BCUT2D eigenvalue weighted by molar-refractivity contribution is 0.324. The Morgan fingerprint density at radius 2 is 1.80 bits per heavy atom. The number of hydrogen-bond donors (Lipinski definition) is 2. The summed E-state index contributed by atoms with van der Waals surface area (Å²) in [4.78, 5) is 2.42. The number of nitrogens with two attached hydrogens (primary N) is 2. The van der Waals surface area contributed by atoms with Gasteiger partial charge in [0.1, 0.15) is 0 Å². The van der Waals surface area contributed by atoms with Gasteiger partial charge in [-0.05, 0) is 23.3 Å². The Morgan fingerprint density at radius 3 is 2.55 bits per heavy atom. The molecule has 3 rings (SSSR count). The van der Waals surface area contributed by atoms with Crippen LogP contribution in [0.25, 0.3) is 0 Å². The van der Waals surface area contributed by atoms with E-state index in [1.807, 2.05) is 12.1 Å². The minimum Gasteiger partial charge on any atom is -0.399 e. The molecule has 0 aromatic heterocycles. The first-order valence-corrected chi connectivity index (χ1v) is 7.09. The fourth-order valence-electron chi connectivity index (χ4n) is 3.03. The van der Waals surface area contributed by atoms with Crippen molar-refractivity contribution in [2.45, 2.75) is 18.5 Å². The molecule has 1 heterocycles. The van der Waals surface area contributed by atoms with Gasteiger partial charge in [-0.25, -0.2) is 0 Å². The summed E-state index contributed by atoms with van der Waals surface area (Å²) in [7, 11) is 0. The van der Waals surface area contributed by atoms with Crippen LogP contribution in [0.5, 0.6) is 0 Å². The second kappa shape index (κ2) is 5.65. The molecule has 1 aliphatic heterocycles. The number of benzene rings is 2. The predicted octanol–water partition coefficient (Wildman–Crippen LogP) is 2.20. The standard InChI is InChI=1S/C17H21N3/c18-15-8-4-7-14(9-15)16-11-20(12-17(16)19)10-13-5-2-1-3-6-13/h1-9,16-17H,10-12,18-19H2. The predicted molar refractivity (Wildman–Crippen MR) is 83.3 cm³/mol. The molecule has 2 unspecified atom stereocenters. The molecule has 3 heteroatoms. The van der Waals surface area contributed by atoms with E-state index in [1.165, 1.54) is 11.1 Å². The molecule has 1 saturated heterocycles. The minimum absolute atomic E-state index is 0.181. The van der Waals surface area contributed by atoms with Crippen molar-refractivity contribution in [2.24, 2.45) is 5.73 Å². The minimum atomic E-state index is 0.181. The molecule has 0 bridgehead atoms. The third kappa shape index (κ3) is 2.84. The number of nitrogens with zero attached hydrogens (tertiary/aromatic N) is 1. The molecule has 0 spiro atoms. The molecule has 4 N–H and O–H groups in total. The van der Waals surface area contributed by atoms with Gasteiger partial charge < -0.3 is 11.5 Å². The molecule has 3 nitrogen and oxygen atoms in total. The largest absolute Gasteiger partial charge is 0.399 e. The first-order valence-electron chi connectivity index (χ1n) is 7.09. The van der Waals surface area contributed by atoms with Gasteiger partial charge in [0, 0.05) is 37.3 Å². The summed E-state index contributed by atoms with van der Waals surface area (Å²) in [5.41, 5.74) is 15.6. The Morgan fingerprint density at radius 1 is 1.00 bits per heavy atom. The number of hydrogen-bond acceptors (Lipinski definition) is 3. The highest BCUT2D eigenvalue weighted by Gasteiger charge is 2.31. The maximum Gasteiger partial charge on any atom is 0.0316 e. The Hall–Kier alpha value is -1.84. The molecule has 104 valence electrons. The number of anilines is 1. The smallest absolute Gasteiger partial charge is 0.0316 e. The molecule has 0 amide bonds. The van der Waals surface area contributed by atoms with Gasteiger partial charge in [0.2, 0.25) is 0 Å². The highest BCUT2D eigenvalue weighted by molar-refractivity contribution is 5.42. The molecule has 1 fully saturated rings. The molecule has 0 aliphatic carbocycles. The van der Waals surface area contributed by atoms with Crippen molar-refractivity contribution in [1.29, 1.82) is 0 Å². The molecule has 1 aliphatic rings. The monoisotopic (exact) mass is 267 g/mol. The van der Waals surface area contributed by atoms with E-state index in [0.717, 1.165) is 25.3 Å². The lowest BCUT2D eigenvalue weighted by atomic mass is 9.95. The zero-order valence-electron chi connectivity index (χ0n) is 11.6. The van der Waals surface area contributed by atoms with Crippen LogP contribution in [0.1, 0.15) is 17.0 Å². The summed E-state index contributed by atoms with van der Waals surface area (Å²) in [6, 6.07) is 18.8. The van der Waals surface area contributed by atoms with E-state index in [1.54, 1.807) is 0 Å². The van der Waals surface area contributed by atoms with Crippen LogP contribution in [0.3, 0.4) is 0 Å². The van der Waals surface area contributed by atoms with Crippen molar-refractivity contribution in [2.75, 3.05) is 18.8 Å². The molecule has 2 aromatic rings. The van der Waals surface area contributed by atoms with Gasteiger partial charge in [-0.15, -0.1) is 0 Å². The molecular weight excluding hydrogens is 246 g/mol. The van der Waals surface area contributed by atoms with Crippen molar-refractivity contribution in [3.63, 3.8) is 0 Å². The molecule has 20 heavy (non-hydrogen) atoms. The lowest BCUT2D eigenvalue weighted by Crippen LogP contribution is -2.28. The van der Waals surface area contributed by atoms with E-state index >= 15 is 0 Å². The van der Waals surface area contributed by atoms with Crippen molar-refractivity contribution in [3.05, 3.63) is 65.7 Å². The molecule has 0 radical (unpaired) electrons. The number of rotatable bonds is 3. The van der Waals surface area contributed by atoms with Crippen LogP contribution < -0.4 is 11.5 Å². The second-order valence-electron chi connectivity index (χ2n) is 5.62. The quantitative estimate of drug-likeness (QED) is 0.838. The van der Waals surface area contributed by atoms with Crippen LogP contribution in [-0.2, 0) is 6.54 Å². The molecular formula is C17H21N3. The topological polar surface area (TPSA) is 55.3 Å². The zero-order valence-corrected chi connectivity index (χ0v) is 11.6. The zero-order chi connectivity index (χ0) is 13.9. The Kier molecular flexibility index (Phi) is 3.72. The second-order valence-corrected chi connectivity index (χ2v) is 5.62. The van der Waals surface area contributed by atoms with Crippen molar-refractivity contribution in [1.82, 2.24) is 4.90 Å². The fraction of sp³-hybridized carbons (Fsp3) is 0.294. The van der Waals surface area contributed by atoms with E-state index in [0.29, 0.717) is 5.92 Å². The van der Waals surface area contributed by atoms with E-state index in [9.17, 15) is 0 Å². The van der Waals surface area contributed by atoms with Gasteiger partial charge in [-0.1, -0.05) is 42.5 Å². The molecule has 0 saturated carbocycles. The fourth-order valence-corrected chi connectivity index (χ4v) is 3.03. The average molecular weight is 267 g/mol. The van der Waals surface area contributed by atoms with Crippen LogP contribution in [0.4, 0.5) is 5.69 Å². The molecule has 2 aromatic carbocycles. The average Bonchev–Trinajstić information content (AvgIpc) is 2.81. The van der Waals surface area contributed by atoms with E-state index < -0.39 is 0 Å². The van der Waals surface area contributed by atoms with Crippen LogP contribution in [0, 0.1) is 0 Å². The van der Waals surface area contributed by atoms with Gasteiger partial charge >= 0.3 is 0 Å².